The first-order valence-electron chi connectivity index (χ1n) is 7.64. The first kappa shape index (κ1) is 16.8. The van der Waals surface area contributed by atoms with Gasteiger partial charge in [0.2, 0.25) is 5.91 Å². The zero-order valence-corrected chi connectivity index (χ0v) is 13.2. The number of nitrogens with zero attached hydrogens (tertiary/aromatic N) is 1. The van der Waals surface area contributed by atoms with Crippen molar-refractivity contribution in [3.05, 3.63) is 42.5 Å². The third-order valence-corrected chi connectivity index (χ3v) is 3.63. The minimum absolute atomic E-state index is 0.0330. The predicted octanol–water partition coefficient (Wildman–Crippen LogP) is 2.93. The van der Waals surface area contributed by atoms with Crippen LogP contribution in [0.1, 0.15) is 19.3 Å². The third-order valence-electron chi connectivity index (χ3n) is 3.63. The summed E-state index contributed by atoms with van der Waals surface area (Å²) in [5.74, 6) is -0.147. The Kier molecular flexibility index (Phi) is 5.97. The number of benzene rings is 2. The second kappa shape index (κ2) is 8.17. The maximum absolute atomic E-state index is 11.9. The smallest absolute Gasteiger partial charge is 0.305 e. The predicted molar refractivity (Wildman–Crippen MR) is 88.6 cm³/mol. The van der Waals surface area contributed by atoms with E-state index in [2.05, 4.69) is 0 Å². The molecule has 0 aromatic heterocycles. The van der Waals surface area contributed by atoms with E-state index in [-0.39, 0.29) is 18.9 Å². The monoisotopic (exact) mass is 315 g/mol. The molecule has 1 N–H and O–H groups in total. The molecule has 0 fully saturated rings. The van der Waals surface area contributed by atoms with E-state index in [9.17, 15) is 9.59 Å². The number of fused-ring (bicyclic) bond motifs is 1. The molecular weight excluding hydrogens is 294 g/mol. The third kappa shape index (κ3) is 4.98. The number of carbonyl (C=O) groups is 2. The molecular formula is C18H21NO4. The first-order chi connectivity index (χ1) is 11.1. The van der Waals surface area contributed by atoms with Gasteiger partial charge in [-0.3, -0.25) is 9.59 Å². The largest absolute Gasteiger partial charge is 0.493 e. The van der Waals surface area contributed by atoms with Gasteiger partial charge in [-0.1, -0.05) is 36.4 Å². The maximum Gasteiger partial charge on any atom is 0.305 e. The highest BCUT2D eigenvalue weighted by Gasteiger charge is 2.10. The Morgan fingerprint density at radius 2 is 1.83 bits per heavy atom. The fourth-order valence-electron chi connectivity index (χ4n) is 2.31. The van der Waals surface area contributed by atoms with E-state index in [0.29, 0.717) is 19.4 Å². The fraction of sp³-hybridized carbons (Fsp3) is 0.333. The topological polar surface area (TPSA) is 66.8 Å². The number of hydrogen-bond donors (Lipinski definition) is 1. The van der Waals surface area contributed by atoms with Crippen LogP contribution in [0.4, 0.5) is 0 Å². The quantitative estimate of drug-likeness (QED) is 0.761. The van der Waals surface area contributed by atoms with Crippen molar-refractivity contribution in [1.82, 2.24) is 4.90 Å². The second-order valence-electron chi connectivity index (χ2n) is 5.39. The highest BCUT2D eigenvalue weighted by Crippen LogP contribution is 2.25. The van der Waals surface area contributed by atoms with Gasteiger partial charge in [-0.05, 0) is 17.9 Å². The van der Waals surface area contributed by atoms with Crippen molar-refractivity contribution in [2.75, 3.05) is 20.2 Å². The number of rotatable bonds is 8. The van der Waals surface area contributed by atoms with Gasteiger partial charge in [-0.2, -0.15) is 0 Å². The first-order valence-corrected chi connectivity index (χ1v) is 7.64. The summed E-state index contributed by atoms with van der Waals surface area (Å²) in [6.07, 6.45) is 0.912. The molecule has 0 unspecified atom stereocenters. The lowest BCUT2D eigenvalue weighted by molar-refractivity contribution is -0.138. The van der Waals surface area contributed by atoms with E-state index in [0.717, 1.165) is 16.5 Å². The van der Waals surface area contributed by atoms with Gasteiger partial charge in [0.1, 0.15) is 5.75 Å². The van der Waals surface area contributed by atoms with Gasteiger partial charge in [-0.15, -0.1) is 0 Å². The molecule has 1 amide bonds. The van der Waals surface area contributed by atoms with Gasteiger partial charge in [-0.25, -0.2) is 0 Å². The summed E-state index contributed by atoms with van der Waals surface area (Å²) in [5.41, 5.74) is 0. The molecule has 5 nitrogen and oxygen atoms in total. The van der Waals surface area contributed by atoms with Crippen LogP contribution in [0.25, 0.3) is 10.8 Å². The average molecular weight is 315 g/mol. The van der Waals surface area contributed by atoms with Crippen LogP contribution >= 0.6 is 0 Å². The van der Waals surface area contributed by atoms with Crippen molar-refractivity contribution in [1.29, 1.82) is 0 Å². The van der Waals surface area contributed by atoms with Gasteiger partial charge in [0.15, 0.2) is 0 Å². The van der Waals surface area contributed by atoms with E-state index in [1.807, 2.05) is 42.5 Å². The van der Waals surface area contributed by atoms with Crippen molar-refractivity contribution in [3.8, 4) is 5.75 Å². The van der Waals surface area contributed by atoms with Crippen molar-refractivity contribution < 1.29 is 19.4 Å². The molecule has 2 aromatic carbocycles. The van der Waals surface area contributed by atoms with Gasteiger partial charge >= 0.3 is 5.97 Å². The number of aliphatic carboxylic acids is 1. The molecule has 0 saturated carbocycles. The Labute approximate surface area is 135 Å². The minimum Gasteiger partial charge on any atom is -0.493 e. The molecule has 0 aliphatic rings. The number of carbonyl (C=O) groups excluding carboxylic acids is 1. The minimum atomic E-state index is -0.899. The van der Waals surface area contributed by atoms with Crippen molar-refractivity contribution in [3.63, 3.8) is 0 Å². The Morgan fingerprint density at radius 3 is 2.61 bits per heavy atom. The highest BCUT2D eigenvalue weighted by molar-refractivity contribution is 5.88. The molecule has 122 valence electrons. The van der Waals surface area contributed by atoms with Crippen molar-refractivity contribution in [2.45, 2.75) is 19.3 Å². The summed E-state index contributed by atoms with van der Waals surface area (Å²) in [4.78, 5) is 23.8. The van der Waals surface area contributed by atoms with Crippen LogP contribution in [0.5, 0.6) is 5.75 Å². The lowest BCUT2D eigenvalue weighted by Crippen LogP contribution is -2.29. The lowest BCUT2D eigenvalue weighted by atomic mass is 10.1. The molecule has 2 rings (SSSR count). The van der Waals surface area contributed by atoms with Gasteiger partial charge in [0.05, 0.1) is 13.0 Å². The van der Waals surface area contributed by atoms with E-state index in [1.54, 1.807) is 7.05 Å². The number of carboxylic acid groups (broad SMARTS) is 1. The number of hydrogen-bond acceptors (Lipinski definition) is 3. The Bertz CT molecular complexity index is 678. The summed E-state index contributed by atoms with van der Waals surface area (Å²) in [5, 5.41) is 10.8. The molecule has 0 radical (unpaired) electrons. The molecule has 0 spiro atoms. The van der Waals surface area contributed by atoms with Crippen LogP contribution in [-0.2, 0) is 9.59 Å². The van der Waals surface area contributed by atoms with Crippen LogP contribution in [0.3, 0.4) is 0 Å². The molecule has 0 aliphatic carbocycles. The lowest BCUT2D eigenvalue weighted by Gasteiger charge is -2.16. The summed E-state index contributed by atoms with van der Waals surface area (Å²) in [6, 6.07) is 13.9. The van der Waals surface area contributed by atoms with Crippen LogP contribution in [0.2, 0.25) is 0 Å². The van der Waals surface area contributed by atoms with E-state index in [4.69, 9.17) is 9.84 Å². The Morgan fingerprint density at radius 1 is 1.09 bits per heavy atom. The summed E-state index contributed by atoms with van der Waals surface area (Å²) in [7, 11) is 1.62. The van der Waals surface area contributed by atoms with E-state index < -0.39 is 5.97 Å². The SMILES string of the molecule is CN(CCC(=O)O)C(=O)CCCOc1cccc2ccccc12. The molecule has 5 heteroatoms. The molecule has 0 heterocycles. The van der Waals surface area contributed by atoms with Gasteiger partial charge in [0, 0.05) is 25.4 Å². The summed E-state index contributed by atoms with van der Waals surface area (Å²) < 4.78 is 5.78. The van der Waals surface area contributed by atoms with E-state index in [1.165, 1.54) is 4.90 Å². The zero-order chi connectivity index (χ0) is 16.7. The molecule has 0 bridgehead atoms. The zero-order valence-electron chi connectivity index (χ0n) is 13.2. The molecule has 0 atom stereocenters. The van der Waals surface area contributed by atoms with Crippen LogP contribution in [-0.4, -0.2) is 42.1 Å². The Balaban J connectivity index is 1.78. The molecule has 2 aromatic rings. The second-order valence-corrected chi connectivity index (χ2v) is 5.39. The van der Waals surface area contributed by atoms with Gasteiger partial charge < -0.3 is 14.7 Å². The van der Waals surface area contributed by atoms with Crippen molar-refractivity contribution >= 4 is 22.6 Å². The fourth-order valence-corrected chi connectivity index (χ4v) is 2.31. The van der Waals surface area contributed by atoms with E-state index >= 15 is 0 Å². The molecule has 0 aliphatic heterocycles. The van der Waals surface area contributed by atoms with Gasteiger partial charge in [0.25, 0.3) is 0 Å². The Hall–Kier alpha value is -2.56. The maximum atomic E-state index is 11.9. The van der Waals surface area contributed by atoms with Crippen LogP contribution < -0.4 is 4.74 Å². The summed E-state index contributed by atoms with van der Waals surface area (Å²) >= 11 is 0. The molecule has 23 heavy (non-hydrogen) atoms. The highest BCUT2D eigenvalue weighted by atomic mass is 16.5. The van der Waals surface area contributed by atoms with Crippen LogP contribution in [0, 0.1) is 0 Å². The van der Waals surface area contributed by atoms with Crippen LogP contribution in [0.15, 0.2) is 42.5 Å². The normalized spacial score (nSPS) is 10.5. The van der Waals surface area contributed by atoms with Crippen molar-refractivity contribution in [2.24, 2.45) is 0 Å². The average Bonchev–Trinajstić information content (AvgIpc) is 2.56. The number of carboxylic acids is 1. The summed E-state index contributed by atoms with van der Waals surface area (Å²) in [6.45, 7) is 0.685. The molecule has 0 saturated heterocycles. The number of amides is 1. The standard InChI is InChI=1S/C18H21NO4/c1-19(12-11-18(21)22)17(20)10-5-13-23-16-9-4-7-14-6-2-3-8-15(14)16/h2-4,6-9H,5,10-13H2,1H3,(H,21,22). The number of ether oxygens (including phenoxy) is 1.